The third kappa shape index (κ3) is 7.48. The zero-order valence-corrected chi connectivity index (χ0v) is 23.2. The van der Waals surface area contributed by atoms with E-state index in [1.165, 1.54) is 18.1 Å². The Kier molecular flexibility index (Phi) is 11.1. The second-order valence-corrected chi connectivity index (χ2v) is 10.8. The van der Waals surface area contributed by atoms with Crippen molar-refractivity contribution in [3.8, 4) is 5.75 Å². The lowest BCUT2D eigenvalue weighted by Gasteiger charge is -2.36. The number of hydrogen-bond acceptors (Lipinski definition) is 7. The largest absolute Gasteiger partial charge is 0.508 e. The minimum Gasteiger partial charge on any atom is -0.508 e. The van der Waals surface area contributed by atoms with E-state index in [-0.39, 0.29) is 50.2 Å². The number of carboxylic acid groups (broad SMARTS) is 1. The van der Waals surface area contributed by atoms with Crippen molar-refractivity contribution in [2.45, 2.75) is 58.0 Å². The molecule has 0 bridgehead atoms. The van der Waals surface area contributed by atoms with Crippen LogP contribution in [-0.4, -0.2) is 76.1 Å². The molecule has 0 radical (unpaired) electrons. The van der Waals surface area contributed by atoms with Crippen LogP contribution in [0.3, 0.4) is 0 Å². The number of aliphatic hydroxyl groups is 2. The fourth-order valence-electron chi connectivity index (χ4n) is 5.77. The number of carbonyl (C=O) groups excluding carboxylic acids is 2. The lowest BCUT2D eigenvalue weighted by molar-refractivity contribution is -0.141. The van der Waals surface area contributed by atoms with Crippen LogP contribution in [0.15, 0.2) is 34.9 Å². The van der Waals surface area contributed by atoms with E-state index in [0.29, 0.717) is 42.7 Å². The monoisotopic (exact) mass is 563 g/mol. The number of methoxy groups -OCH3 is 1. The number of phenols is 1. The fourth-order valence-corrected chi connectivity index (χ4v) is 5.99. The van der Waals surface area contributed by atoms with Gasteiger partial charge in [0.15, 0.2) is 0 Å². The van der Waals surface area contributed by atoms with Crippen LogP contribution in [0.1, 0.15) is 57.4 Å². The van der Waals surface area contributed by atoms with Gasteiger partial charge in [-0.1, -0.05) is 29.7 Å². The van der Waals surface area contributed by atoms with Crippen molar-refractivity contribution in [3.63, 3.8) is 0 Å². The molecule has 1 aromatic carbocycles. The van der Waals surface area contributed by atoms with Crippen LogP contribution in [-0.2, 0) is 19.1 Å². The topological polar surface area (TPSA) is 145 Å². The number of rotatable bonds is 14. The Morgan fingerprint density at radius 2 is 1.95 bits per heavy atom. The van der Waals surface area contributed by atoms with Crippen LogP contribution < -0.4 is 0 Å². The number of carboxylic acids is 1. The van der Waals surface area contributed by atoms with Crippen molar-refractivity contribution in [3.05, 3.63) is 45.5 Å². The molecule has 1 aromatic rings. The van der Waals surface area contributed by atoms with E-state index in [4.69, 9.17) is 21.4 Å². The minimum atomic E-state index is -0.945. The van der Waals surface area contributed by atoms with Gasteiger partial charge in [0.25, 0.3) is 0 Å². The van der Waals surface area contributed by atoms with Crippen molar-refractivity contribution in [1.82, 2.24) is 4.90 Å². The molecular formula is C29H38ClNO8. The highest BCUT2D eigenvalue weighted by Crippen LogP contribution is 2.46. The standard InChI is InChI=1S/C29H38ClNO8/c1-17(12-18-8-9-20(33)14-23(18)30)7-10-24(34)26-19(16-39-2)13-21-27(22(26)15-32)29(38)31(28(21)37)11-5-3-4-6-25(35)36/h8-9,12,14,21-22,24,27,32-34H,3-7,10-11,13,15-16H2,1-2H3,(H,35,36)/b17-12+/t21-,22+,24-,27-/m1/s1. The van der Waals surface area contributed by atoms with Crippen LogP contribution in [0, 0.1) is 17.8 Å². The maximum absolute atomic E-state index is 13.4. The molecule has 9 nitrogen and oxygen atoms in total. The highest BCUT2D eigenvalue weighted by atomic mass is 35.5. The summed E-state index contributed by atoms with van der Waals surface area (Å²) in [4.78, 5) is 38.6. The zero-order chi connectivity index (χ0) is 28.7. The van der Waals surface area contributed by atoms with Gasteiger partial charge >= 0.3 is 5.97 Å². The quantitative estimate of drug-likeness (QED) is 0.152. The predicted octanol–water partition coefficient (Wildman–Crippen LogP) is 3.79. The number of allylic oxidation sites excluding steroid dienone is 1. The number of halogens is 1. The molecular weight excluding hydrogens is 526 g/mol. The number of likely N-dealkylation sites (tertiary alicyclic amines) is 1. The Hall–Kier alpha value is -2.72. The molecule has 0 aromatic heterocycles. The van der Waals surface area contributed by atoms with E-state index >= 15 is 0 Å². The number of hydrogen-bond donors (Lipinski definition) is 4. The summed E-state index contributed by atoms with van der Waals surface area (Å²) in [6, 6.07) is 4.71. The summed E-state index contributed by atoms with van der Waals surface area (Å²) in [6.45, 7) is 1.92. The number of aromatic hydroxyl groups is 1. The summed E-state index contributed by atoms with van der Waals surface area (Å²) in [5.41, 5.74) is 3.00. The molecule has 0 spiro atoms. The molecule has 1 heterocycles. The van der Waals surface area contributed by atoms with Gasteiger partial charge in [0, 0.05) is 26.0 Å². The number of carbonyl (C=O) groups is 3. The number of unbranched alkanes of at least 4 members (excludes halogenated alkanes) is 2. The van der Waals surface area contributed by atoms with Crippen molar-refractivity contribution in [2.24, 2.45) is 17.8 Å². The van der Waals surface area contributed by atoms with E-state index in [2.05, 4.69) is 0 Å². The Morgan fingerprint density at radius 1 is 1.21 bits per heavy atom. The van der Waals surface area contributed by atoms with E-state index in [0.717, 1.165) is 16.7 Å². The van der Waals surface area contributed by atoms with Crippen LogP contribution in [0.5, 0.6) is 5.75 Å². The number of aliphatic carboxylic acids is 1. The minimum absolute atomic E-state index is 0.0436. The number of fused-ring (bicyclic) bond motifs is 1. The number of phenolic OH excluding ortho intramolecular Hbond substituents is 1. The molecule has 2 aliphatic rings. The molecule has 1 fully saturated rings. The Balaban J connectivity index is 1.74. The first-order chi connectivity index (χ1) is 18.6. The van der Waals surface area contributed by atoms with Crippen molar-refractivity contribution in [2.75, 3.05) is 26.9 Å². The summed E-state index contributed by atoms with van der Waals surface area (Å²) < 4.78 is 5.38. The summed E-state index contributed by atoms with van der Waals surface area (Å²) in [6.07, 6.45) is 3.68. The number of amides is 2. The smallest absolute Gasteiger partial charge is 0.303 e. The zero-order valence-electron chi connectivity index (χ0n) is 22.4. The normalized spacial score (nSPS) is 22.4. The summed E-state index contributed by atoms with van der Waals surface area (Å²) in [7, 11) is 1.52. The maximum atomic E-state index is 13.4. The molecule has 4 N–H and O–H groups in total. The average Bonchev–Trinajstić information content (AvgIpc) is 3.12. The van der Waals surface area contributed by atoms with Crippen LogP contribution in [0.25, 0.3) is 6.08 Å². The number of ether oxygens (including phenoxy) is 1. The second-order valence-electron chi connectivity index (χ2n) is 10.4. The van der Waals surface area contributed by atoms with E-state index in [1.54, 1.807) is 12.1 Å². The number of imide groups is 1. The molecule has 1 aliphatic carbocycles. The van der Waals surface area contributed by atoms with Gasteiger partial charge in [-0.05, 0) is 73.9 Å². The molecule has 1 aliphatic heterocycles. The van der Waals surface area contributed by atoms with Crippen LogP contribution >= 0.6 is 11.6 Å². The third-order valence-electron chi connectivity index (χ3n) is 7.62. The molecule has 4 atom stereocenters. The molecule has 214 valence electrons. The van der Waals surface area contributed by atoms with Crippen LogP contribution in [0.2, 0.25) is 5.02 Å². The molecule has 3 rings (SSSR count). The molecule has 0 unspecified atom stereocenters. The lowest BCUT2D eigenvalue weighted by atomic mass is 9.68. The van der Waals surface area contributed by atoms with Crippen LogP contribution in [0.4, 0.5) is 0 Å². The first-order valence-corrected chi connectivity index (χ1v) is 13.7. The second kappa shape index (κ2) is 14.1. The first-order valence-electron chi connectivity index (χ1n) is 13.3. The Bertz CT molecular complexity index is 1130. The van der Waals surface area contributed by atoms with Gasteiger partial charge in [0.05, 0.1) is 36.2 Å². The van der Waals surface area contributed by atoms with Gasteiger partial charge in [-0.15, -0.1) is 0 Å². The van der Waals surface area contributed by atoms with E-state index < -0.39 is 29.8 Å². The third-order valence-corrected chi connectivity index (χ3v) is 7.95. The Labute approximate surface area is 233 Å². The van der Waals surface area contributed by atoms with Gasteiger partial charge in [-0.3, -0.25) is 19.3 Å². The molecule has 1 saturated heterocycles. The fraction of sp³-hybridized carbons (Fsp3) is 0.552. The van der Waals surface area contributed by atoms with Crippen molar-refractivity contribution >= 4 is 35.5 Å². The van der Waals surface area contributed by atoms with Gasteiger partial charge < -0.3 is 25.2 Å². The van der Waals surface area contributed by atoms with Crippen molar-refractivity contribution in [1.29, 1.82) is 0 Å². The summed E-state index contributed by atoms with van der Waals surface area (Å²) >= 11 is 6.21. The van der Waals surface area contributed by atoms with Gasteiger partial charge in [0.1, 0.15) is 5.75 Å². The van der Waals surface area contributed by atoms with Gasteiger partial charge in [-0.25, -0.2) is 0 Å². The average molecular weight is 564 g/mol. The number of aliphatic hydroxyl groups excluding tert-OH is 2. The van der Waals surface area contributed by atoms with Crippen molar-refractivity contribution < 1.29 is 39.5 Å². The summed E-state index contributed by atoms with van der Waals surface area (Å²) in [5, 5.41) is 40.5. The maximum Gasteiger partial charge on any atom is 0.303 e. The van der Waals surface area contributed by atoms with Gasteiger partial charge in [-0.2, -0.15) is 0 Å². The molecule has 39 heavy (non-hydrogen) atoms. The molecule has 2 amide bonds. The molecule has 10 heteroatoms. The molecule has 0 saturated carbocycles. The predicted molar refractivity (Wildman–Crippen MR) is 146 cm³/mol. The number of benzene rings is 1. The summed E-state index contributed by atoms with van der Waals surface area (Å²) in [5.74, 6) is -3.50. The van der Waals surface area contributed by atoms with E-state index in [1.807, 2.05) is 13.0 Å². The SMILES string of the molecule is COCC1=C([C@H](O)CC/C(C)=C/c2ccc(O)cc2Cl)[C@H](CO)[C@@H]2C(=O)N(CCCCCC(=O)O)C(=O)[C@@H]2C1. The van der Waals surface area contributed by atoms with E-state index in [9.17, 15) is 29.7 Å². The lowest BCUT2D eigenvalue weighted by Crippen LogP contribution is -2.39. The number of nitrogens with zero attached hydrogens (tertiary/aromatic N) is 1. The highest BCUT2D eigenvalue weighted by molar-refractivity contribution is 6.32. The first kappa shape index (κ1) is 30.8. The Morgan fingerprint density at radius 3 is 2.59 bits per heavy atom. The van der Waals surface area contributed by atoms with Gasteiger partial charge in [0.2, 0.25) is 11.8 Å². The highest BCUT2D eigenvalue weighted by Gasteiger charge is 2.54.